The van der Waals surface area contributed by atoms with Crippen molar-refractivity contribution < 1.29 is 19.1 Å². The number of carboxylic acids is 1. The van der Waals surface area contributed by atoms with Crippen molar-refractivity contribution in [2.45, 2.75) is 32.2 Å². The van der Waals surface area contributed by atoms with E-state index in [1.165, 1.54) is 18.2 Å². The van der Waals surface area contributed by atoms with Crippen LogP contribution >= 0.6 is 0 Å². The third-order valence-corrected chi connectivity index (χ3v) is 3.55. The smallest absolute Gasteiger partial charge is 0.319 e. The molecule has 0 aliphatic heterocycles. The van der Waals surface area contributed by atoms with Crippen molar-refractivity contribution in [2.75, 3.05) is 5.32 Å². The summed E-state index contributed by atoms with van der Waals surface area (Å²) in [5.74, 6) is -1.55. The number of carbonyl (C=O) groups excluding carboxylic acids is 1. The van der Waals surface area contributed by atoms with Gasteiger partial charge in [-0.2, -0.15) is 0 Å². The summed E-state index contributed by atoms with van der Waals surface area (Å²) in [6.07, 6.45) is 1.69. The van der Waals surface area contributed by atoms with Crippen LogP contribution in [0.25, 0.3) is 0 Å². The van der Waals surface area contributed by atoms with Crippen molar-refractivity contribution in [3.05, 3.63) is 29.6 Å². The minimum Gasteiger partial charge on any atom is -0.481 e. The zero-order valence-electron chi connectivity index (χ0n) is 11.1. The van der Waals surface area contributed by atoms with Gasteiger partial charge in [0.1, 0.15) is 5.82 Å². The maximum atomic E-state index is 12.9. The lowest BCUT2D eigenvalue weighted by Gasteiger charge is -2.14. The Morgan fingerprint density at radius 3 is 2.70 bits per heavy atom. The van der Waals surface area contributed by atoms with Gasteiger partial charge in [0.25, 0.3) is 0 Å². The maximum Gasteiger partial charge on any atom is 0.319 e. The third-order valence-electron chi connectivity index (χ3n) is 3.55. The van der Waals surface area contributed by atoms with E-state index in [0.29, 0.717) is 30.5 Å². The fraction of sp³-hybridized carbons (Fsp3) is 0.429. The average Bonchev–Trinajstić information content (AvgIpc) is 2.81. The van der Waals surface area contributed by atoms with Crippen LogP contribution in [-0.2, 0) is 4.79 Å². The molecule has 0 heterocycles. The van der Waals surface area contributed by atoms with Gasteiger partial charge in [-0.15, -0.1) is 0 Å². The Morgan fingerprint density at radius 1 is 1.35 bits per heavy atom. The van der Waals surface area contributed by atoms with Crippen molar-refractivity contribution in [3.8, 4) is 0 Å². The van der Waals surface area contributed by atoms with Crippen LogP contribution in [0.15, 0.2) is 18.2 Å². The van der Waals surface area contributed by atoms with E-state index in [0.717, 1.165) is 0 Å². The molecule has 0 spiro atoms. The summed E-state index contributed by atoms with van der Waals surface area (Å²) in [5.41, 5.74) is 1.17. The van der Waals surface area contributed by atoms with E-state index in [-0.39, 0.29) is 17.8 Å². The molecule has 1 aliphatic carbocycles. The van der Waals surface area contributed by atoms with Gasteiger partial charge in [0.2, 0.25) is 0 Å². The number of rotatable bonds is 3. The summed E-state index contributed by atoms with van der Waals surface area (Å²) >= 11 is 0. The number of hydrogen-bond donors (Lipinski definition) is 3. The molecule has 1 aromatic rings. The van der Waals surface area contributed by atoms with Gasteiger partial charge in [-0.1, -0.05) is 0 Å². The molecule has 0 aromatic heterocycles. The monoisotopic (exact) mass is 280 g/mol. The maximum absolute atomic E-state index is 12.9. The van der Waals surface area contributed by atoms with Crippen molar-refractivity contribution >= 4 is 17.7 Å². The molecular formula is C14H17FN2O3. The minimum atomic E-state index is -0.816. The second-order valence-electron chi connectivity index (χ2n) is 5.10. The van der Waals surface area contributed by atoms with Gasteiger partial charge in [0, 0.05) is 11.7 Å². The Kier molecular flexibility index (Phi) is 4.22. The van der Waals surface area contributed by atoms with Crippen LogP contribution in [0.3, 0.4) is 0 Å². The molecule has 0 radical (unpaired) electrons. The predicted molar refractivity (Wildman–Crippen MR) is 72.1 cm³/mol. The highest BCUT2D eigenvalue weighted by molar-refractivity contribution is 5.90. The molecule has 2 rings (SSSR count). The number of anilines is 1. The first-order valence-corrected chi connectivity index (χ1v) is 6.52. The van der Waals surface area contributed by atoms with Gasteiger partial charge in [-0.05, 0) is 49.9 Å². The van der Waals surface area contributed by atoms with Crippen molar-refractivity contribution in [2.24, 2.45) is 5.92 Å². The van der Waals surface area contributed by atoms with Gasteiger partial charge >= 0.3 is 12.0 Å². The molecule has 3 N–H and O–H groups in total. The molecule has 0 saturated heterocycles. The van der Waals surface area contributed by atoms with Gasteiger partial charge < -0.3 is 15.7 Å². The lowest BCUT2D eigenvalue weighted by Crippen LogP contribution is -2.36. The summed E-state index contributed by atoms with van der Waals surface area (Å²) in [5, 5.41) is 14.3. The molecule has 0 bridgehead atoms. The van der Waals surface area contributed by atoms with Crippen molar-refractivity contribution in [3.63, 3.8) is 0 Å². The Hall–Kier alpha value is -2.11. The molecule has 2 atom stereocenters. The van der Waals surface area contributed by atoms with Crippen molar-refractivity contribution in [1.29, 1.82) is 0 Å². The van der Waals surface area contributed by atoms with E-state index in [4.69, 9.17) is 5.11 Å². The summed E-state index contributed by atoms with van der Waals surface area (Å²) < 4.78 is 12.9. The highest BCUT2D eigenvalue weighted by Gasteiger charge is 2.30. The lowest BCUT2D eigenvalue weighted by molar-refractivity contribution is -0.141. The molecule has 5 nitrogen and oxygen atoms in total. The molecule has 1 fully saturated rings. The molecule has 2 amide bonds. The number of urea groups is 1. The first-order valence-electron chi connectivity index (χ1n) is 6.52. The van der Waals surface area contributed by atoms with E-state index in [2.05, 4.69) is 10.6 Å². The second kappa shape index (κ2) is 5.90. The molecule has 1 aliphatic rings. The number of nitrogens with one attached hydrogen (secondary N) is 2. The van der Waals surface area contributed by atoms with Gasteiger partial charge in [0.15, 0.2) is 0 Å². The molecule has 108 valence electrons. The van der Waals surface area contributed by atoms with Crippen LogP contribution in [0, 0.1) is 18.7 Å². The lowest BCUT2D eigenvalue weighted by atomic mass is 10.1. The Bertz CT molecular complexity index is 533. The molecule has 20 heavy (non-hydrogen) atoms. The van der Waals surface area contributed by atoms with Gasteiger partial charge in [-0.25, -0.2) is 9.18 Å². The standard InChI is InChI=1S/C14H17FN2O3/c1-8-6-10(15)3-5-12(8)17-14(20)16-11-4-2-9(7-11)13(18)19/h3,5-6,9,11H,2,4,7H2,1H3,(H,18,19)(H2,16,17,20). The fourth-order valence-corrected chi connectivity index (χ4v) is 2.45. The van der Waals surface area contributed by atoms with E-state index in [1.54, 1.807) is 6.92 Å². The van der Waals surface area contributed by atoms with E-state index in [1.807, 2.05) is 0 Å². The Balaban J connectivity index is 1.88. The number of benzene rings is 1. The summed E-state index contributed by atoms with van der Waals surface area (Å²) in [7, 11) is 0. The van der Waals surface area contributed by atoms with E-state index in [9.17, 15) is 14.0 Å². The first kappa shape index (κ1) is 14.3. The zero-order valence-corrected chi connectivity index (χ0v) is 11.1. The van der Waals surface area contributed by atoms with Gasteiger partial charge in [0.05, 0.1) is 5.92 Å². The number of carboxylic acid groups (broad SMARTS) is 1. The first-order chi connectivity index (χ1) is 9.45. The second-order valence-corrected chi connectivity index (χ2v) is 5.10. The normalized spacial score (nSPS) is 21.5. The van der Waals surface area contributed by atoms with Crippen LogP contribution in [-0.4, -0.2) is 23.1 Å². The number of aliphatic carboxylic acids is 1. The molecular weight excluding hydrogens is 263 g/mol. The predicted octanol–water partition coefficient (Wildman–Crippen LogP) is 2.51. The van der Waals surface area contributed by atoms with Crippen LogP contribution in [0.4, 0.5) is 14.9 Å². The van der Waals surface area contributed by atoms with E-state index >= 15 is 0 Å². The van der Waals surface area contributed by atoms with E-state index < -0.39 is 12.0 Å². The zero-order chi connectivity index (χ0) is 14.7. The van der Waals surface area contributed by atoms with Gasteiger partial charge in [-0.3, -0.25) is 4.79 Å². The summed E-state index contributed by atoms with van der Waals surface area (Å²) in [4.78, 5) is 22.7. The number of amides is 2. The van der Waals surface area contributed by atoms with Crippen LogP contribution < -0.4 is 10.6 Å². The Morgan fingerprint density at radius 2 is 2.10 bits per heavy atom. The number of halogens is 1. The minimum absolute atomic E-state index is 0.128. The highest BCUT2D eigenvalue weighted by Crippen LogP contribution is 2.25. The quantitative estimate of drug-likeness (QED) is 0.796. The van der Waals surface area contributed by atoms with Crippen LogP contribution in [0.2, 0.25) is 0 Å². The topological polar surface area (TPSA) is 78.4 Å². The average molecular weight is 280 g/mol. The van der Waals surface area contributed by atoms with Crippen molar-refractivity contribution in [1.82, 2.24) is 5.32 Å². The SMILES string of the molecule is Cc1cc(F)ccc1NC(=O)NC1CCC(C(=O)O)C1. The molecule has 6 heteroatoms. The third kappa shape index (κ3) is 3.46. The molecule has 2 unspecified atom stereocenters. The summed E-state index contributed by atoms with van der Waals surface area (Å²) in [6.45, 7) is 1.70. The highest BCUT2D eigenvalue weighted by atomic mass is 19.1. The fourth-order valence-electron chi connectivity index (χ4n) is 2.45. The molecule has 1 saturated carbocycles. The van der Waals surface area contributed by atoms with Crippen LogP contribution in [0.5, 0.6) is 0 Å². The summed E-state index contributed by atoms with van der Waals surface area (Å²) in [6, 6.07) is 3.59. The number of hydrogen-bond acceptors (Lipinski definition) is 2. The van der Waals surface area contributed by atoms with Crippen LogP contribution in [0.1, 0.15) is 24.8 Å². The Labute approximate surface area is 116 Å². The largest absolute Gasteiger partial charge is 0.481 e. The molecule has 1 aromatic carbocycles. The number of aryl methyl sites for hydroxylation is 1. The number of carbonyl (C=O) groups is 2.